The van der Waals surface area contributed by atoms with Gasteiger partial charge in [-0.3, -0.25) is 0 Å². The molecule has 8 rings (SSSR count). The summed E-state index contributed by atoms with van der Waals surface area (Å²) in [5.74, 6) is 0.867. The third-order valence-electron chi connectivity index (χ3n) is 10.00. The molecule has 0 amide bonds. The molecule has 202 valence electrons. The predicted molar refractivity (Wildman–Crippen MR) is 171 cm³/mol. The van der Waals surface area contributed by atoms with Crippen LogP contribution in [0.15, 0.2) is 120 Å². The lowest BCUT2D eigenvalue weighted by Gasteiger charge is -2.32. The van der Waals surface area contributed by atoms with Crippen molar-refractivity contribution < 1.29 is 4.42 Å². The summed E-state index contributed by atoms with van der Waals surface area (Å²) < 4.78 is 6.18. The van der Waals surface area contributed by atoms with Gasteiger partial charge in [0.2, 0.25) is 0 Å². The SMILES string of the molecule is Cc1cc(C23CCCC2CCC3)ccc1N(c1ccc(-c2ccccc2)cc1)c1ccc2oc3ccccc3c2c1. The first-order chi connectivity index (χ1) is 20.2. The van der Waals surface area contributed by atoms with Crippen LogP contribution in [0.1, 0.15) is 49.7 Å². The predicted octanol–water partition coefficient (Wildman–Crippen LogP) is 11.3. The summed E-state index contributed by atoms with van der Waals surface area (Å²) in [6, 6.07) is 41.9. The van der Waals surface area contributed by atoms with Crippen molar-refractivity contribution in [2.24, 2.45) is 5.92 Å². The lowest BCUT2D eigenvalue weighted by atomic mass is 9.74. The molecule has 2 nitrogen and oxygen atoms in total. The second-order valence-corrected chi connectivity index (χ2v) is 12.2. The molecular weight excluding hydrogens is 498 g/mol. The van der Waals surface area contributed by atoms with Crippen molar-refractivity contribution in [3.05, 3.63) is 126 Å². The maximum atomic E-state index is 6.18. The van der Waals surface area contributed by atoms with E-state index in [2.05, 4.69) is 121 Å². The normalized spacial score (nSPS) is 20.1. The maximum absolute atomic E-state index is 6.18. The Morgan fingerprint density at radius 2 is 1.32 bits per heavy atom. The molecule has 2 saturated carbocycles. The minimum Gasteiger partial charge on any atom is -0.456 e. The van der Waals surface area contributed by atoms with E-state index < -0.39 is 0 Å². The van der Waals surface area contributed by atoms with E-state index >= 15 is 0 Å². The molecule has 41 heavy (non-hydrogen) atoms. The average Bonchev–Trinajstić information content (AvgIpc) is 3.72. The molecule has 6 aromatic rings. The Morgan fingerprint density at radius 1 is 0.634 bits per heavy atom. The lowest BCUT2D eigenvalue weighted by molar-refractivity contribution is 0.369. The summed E-state index contributed by atoms with van der Waals surface area (Å²) in [6.45, 7) is 2.30. The van der Waals surface area contributed by atoms with E-state index in [0.717, 1.165) is 39.2 Å². The molecule has 0 radical (unpaired) electrons. The molecule has 2 aliphatic rings. The maximum Gasteiger partial charge on any atom is 0.135 e. The highest BCUT2D eigenvalue weighted by atomic mass is 16.3. The molecule has 2 heteroatoms. The Morgan fingerprint density at radius 3 is 2.10 bits per heavy atom. The quantitative estimate of drug-likeness (QED) is 0.219. The molecule has 1 aromatic heterocycles. The minimum absolute atomic E-state index is 0.403. The zero-order valence-corrected chi connectivity index (χ0v) is 23.6. The largest absolute Gasteiger partial charge is 0.456 e. The molecule has 5 aromatic carbocycles. The van der Waals surface area contributed by atoms with Gasteiger partial charge in [0.15, 0.2) is 0 Å². The van der Waals surface area contributed by atoms with Crippen LogP contribution in [0, 0.1) is 12.8 Å². The van der Waals surface area contributed by atoms with Crippen molar-refractivity contribution in [2.45, 2.75) is 50.9 Å². The standard InChI is InChI=1S/C39H35NO/c1-27-25-31(39-23-7-11-30(39)12-8-24-39)17-21-36(27)40(32-18-15-29(16-19-32)28-9-3-2-4-10-28)33-20-22-38-35(26-33)34-13-5-6-14-37(34)41-38/h2-6,9-10,13-22,25-26,30H,7-8,11-12,23-24H2,1H3. The minimum atomic E-state index is 0.403. The van der Waals surface area contributed by atoms with Gasteiger partial charge in [-0.25, -0.2) is 0 Å². The second-order valence-electron chi connectivity index (χ2n) is 12.2. The van der Waals surface area contributed by atoms with Crippen molar-refractivity contribution in [3.63, 3.8) is 0 Å². The molecule has 0 N–H and O–H groups in total. The van der Waals surface area contributed by atoms with Crippen molar-refractivity contribution in [3.8, 4) is 11.1 Å². The summed E-state index contributed by atoms with van der Waals surface area (Å²) in [6.07, 6.45) is 8.27. The average molecular weight is 534 g/mol. The van der Waals surface area contributed by atoms with Gasteiger partial charge in [0.25, 0.3) is 0 Å². The van der Waals surface area contributed by atoms with Crippen molar-refractivity contribution in [2.75, 3.05) is 4.90 Å². The van der Waals surface area contributed by atoms with Gasteiger partial charge in [-0.15, -0.1) is 0 Å². The number of aryl methyl sites for hydroxylation is 1. The number of rotatable bonds is 5. The number of fused-ring (bicyclic) bond motifs is 4. The van der Waals surface area contributed by atoms with Crippen molar-refractivity contribution >= 4 is 39.0 Å². The van der Waals surface area contributed by atoms with Gasteiger partial charge in [0.1, 0.15) is 11.2 Å². The van der Waals surface area contributed by atoms with Crippen LogP contribution in [0.25, 0.3) is 33.1 Å². The number of hydrogen-bond donors (Lipinski definition) is 0. The number of hydrogen-bond acceptors (Lipinski definition) is 2. The highest BCUT2D eigenvalue weighted by Crippen LogP contribution is 2.56. The summed E-state index contributed by atoms with van der Waals surface area (Å²) >= 11 is 0. The van der Waals surface area contributed by atoms with Crippen LogP contribution in [0.2, 0.25) is 0 Å². The highest BCUT2D eigenvalue weighted by molar-refractivity contribution is 6.06. The van der Waals surface area contributed by atoms with E-state index in [0.29, 0.717) is 5.41 Å². The molecule has 2 aliphatic carbocycles. The van der Waals surface area contributed by atoms with Crippen LogP contribution in [0.5, 0.6) is 0 Å². The first-order valence-corrected chi connectivity index (χ1v) is 15.2. The van der Waals surface area contributed by atoms with E-state index in [1.54, 1.807) is 5.56 Å². The molecule has 1 heterocycles. The fourth-order valence-electron chi connectivity index (χ4n) is 8.01. The Labute approximate surface area is 242 Å². The van der Waals surface area contributed by atoms with Crippen LogP contribution in [-0.4, -0.2) is 0 Å². The number of para-hydroxylation sites is 1. The molecule has 0 bridgehead atoms. The molecule has 0 saturated heterocycles. The molecule has 0 unspecified atom stereocenters. The molecular formula is C39H35NO. The third kappa shape index (κ3) is 4.00. The van der Waals surface area contributed by atoms with Crippen LogP contribution in [-0.2, 0) is 5.41 Å². The van der Waals surface area contributed by atoms with Crippen LogP contribution < -0.4 is 4.90 Å². The smallest absolute Gasteiger partial charge is 0.135 e. The van der Waals surface area contributed by atoms with Gasteiger partial charge in [-0.05, 0) is 109 Å². The van der Waals surface area contributed by atoms with Gasteiger partial charge < -0.3 is 9.32 Å². The van der Waals surface area contributed by atoms with Crippen LogP contribution in [0.4, 0.5) is 17.1 Å². The van der Waals surface area contributed by atoms with Gasteiger partial charge in [-0.2, -0.15) is 0 Å². The van der Waals surface area contributed by atoms with E-state index in [-0.39, 0.29) is 0 Å². The van der Waals surface area contributed by atoms with Crippen molar-refractivity contribution in [1.82, 2.24) is 0 Å². The molecule has 2 fully saturated rings. The molecule has 0 spiro atoms. The number of benzene rings is 5. The Bertz CT molecular complexity index is 1850. The Balaban J connectivity index is 1.27. The zero-order chi connectivity index (χ0) is 27.4. The topological polar surface area (TPSA) is 16.4 Å². The van der Waals surface area contributed by atoms with E-state index in [4.69, 9.17) is 4.42 Å². The summed E-state index contributed by atoms with van der Waals surface area (Å²) in [5, 5.41) is 2.31. The fourth-order valence-corrected chi connectivity index (χ4v) is 8.01. The van der Waals surface area contributed by atoms with Gasteiger partial charge >= 0.3 is 0 Å². The van der Waals surface area contributed by atoms with Crippen LogP contribution >= 0.6 is 0 Å². The second kappa shape index (κ2) is 9.66. The van der Waals surface area contributed by atoms with Crippen LogP contribution in [0.3, 0.4) is 0 Å². The lowest BCUT2D eigenvalue weighted by Crippen LogP contribution is -2.25. The first kappa shape index (κ1) is 24.5. The number of anilines is 3. The van der Waals surface area contributed by atoms with Gasteiger partial charge in [-0.1, -0.05) is 85.6 Å². The van der Waals surface area contributed by atoms with E-state index in [1.807, 2.05) is 6.07 Å². The van der Waals surface area contributed by atoms with Gasteiger partial charge in [0.05, 0.1) is 0 Å². The highest BCUT2D eigenvalue weighted by Gasteiger charge is 2.47. The summed E-state index contributed by atoms with van der Waals surface area (Å²) in [5.41, 5.74) is 11.2. The Kier molecular flexibility index (Phi) is 5.77. The molecule has 0 aliphatic heterocycles. The molecule has 0 atom stereocenters. The Hall–Kier alpha value is -4.30. The summed E-state index contributed by atoms with van der Waals surface area (Å²) in [7, 11) is 0. The zero-order valence-electron chi connectivity index (χ0n) is 23.6. The van der Waals surface area contributed by atoms with Gasteiger partial charge in [0, 0.05) is 27.8 Å². The third-order valence-corrected chi connectivity index (χ3v) is 10.00. The fraction of sp³-hybridized carbons (Fsp3) is 0.231. The summed E-state index contributed by atoms with van der Waals surface area (Å²) in [4.78, 5) is 2.42. The number of nitrogens with zero attached hydrogens (tertiary/aromatic N) is 1. The van der Waals surface area contributed by atoms with Crippen molar-refractivity contribution in [1.29, 1.82) is 0 Å². The van der Waals surface area contributed by atoms with E-state index in [9.17, 15) is 0 Å². The first-order valence-electron chi connectivity index (χ1n) is 15.2. The number of furan rings is 1. The van der Waals surface area contributed by atoms with E-state index in [1.165, 1.54) is 60.9 Å². The monoisotopic (exact) mass is 533 g/mol.